The van der Waals surface area contributed by atoms with E-state index >= 15 is 0 Å². The van der Waals surface area contributed by atoms with Gasteiger partial charge in [0.1, 0.15) is 35.3 Å². The summed E-state index contributed by atoms with van der Waals surface area (Å²) in [6.07, 6.45) is -6.55. The zero-order valence-corrected chi connectivity index (χ0v) is 26.2. The number of rotatable bonds is 8. The van der Waals surface area contributed by atoms with Gasteiger partial charge in [0.25, 0.3) is 12.0 Å². The lowest BCUT2D eigenvalue weighted by Crippen LogP contribution is -2.27. The highest BCUT2D eigenvalue weighted by atomic mass is 35.5. The Morgan fingerprint density at radius 1 is 1.04 bits per heavy atom. The summed E-state index contributed by atoms with van der Waals surface area (Å²) in [6.45, 7) is 2.97. The summed E-state index contributed by atoms with van der Waals surface area (Å²) >= 11 is 7.53. The molecule has 0 aliphatic rings. The third kappa shape index (κ3) is 6.15. The van der Waals surface area contributed by atoms with Crippen molar-refractivity contribution in [2.75, 3.05) is 6.61 Å². The summed E-state index contributed by atoms with van der Waals surface area (Å²) in [7, 11) is 0. The van der Waals surface area contributed by atoms with Crippen LogP contribution in [0.2, 0.25) is 5.02 Å². The van der Waals surface area contributed by atoms with Crippen LogP contribution in [0.15, 0.2) is 52.9 Å². The molecule has 0 fully saturated rings. The number of carbonyl (C=O) groups is 1. The van der Waals surface area contributed by atoms with Crippen LogP contribution in [0.1, 0.15) is 39.6 Å². The highest BCUT2D eigenvalue weighted by molar-refractivity contribution is 7.18. The molecule has 6 aromatic rings. The fourth-order valence-electron chi connectivity index (χ4n) is 5.08. The number of pyridine rings is 2. The number of carboxylic acid groups (broad SMARTS) is 1. The second kappa shape index (κ2) is 12.5. The van der Waals surface area contributed by atoms with Crippen molar-refractivity contribution in [3.05, 3.63) is 91.8 Å². The molecule has 0 radical (unpaired) electrons. The number of nitrogens with zero attached hydrogens (tertiary/aromatic N) is 6. The lowest BCUT2D eigenvalue weighted by molar-refractivity contribution is -0.137. The molecule has 246 valence electrons. The number of benzene rings is 1. The molecule has 0 saturated heterocycles. The van der Waals surface area contributed by atoms with Gasteiger partial charge in [-0.05, 0) is 44.2 Å². The highest BCUT2D eigenvalue weighted by Gasteiger charge is 2.36. The first-order chi connectivity index (χ1) is 22.7. The lowest BCUT2D eigenvalue weighted by Gasteiger charge is -2.16. The van der Waals surface area contributed by atoms with Gasteiger partial charge in [-0.1, -0.05) is 11.6 Å². The van der Waals surface area contributed by atoms with E-state index in [4.69, 9.17) is 16.3 Å². The van der Waals surface area contributed by atoms with Crippen LogP contribution < -0.4 is 10.3 Å². The summed E-state index contributed by atoms with van der Waals surface area (Å²) < 4.78 is 75.9. The molecular formula is C31H20ClF5N6O4S. The minimum Gasteiger partial charge on any atom is -0.491 e. The third-order valence-electron chi connectivity index (χ3n) is 7.25. The number of aromatic nitrogens is 6. The van der Waals surface area contributed by atoms with E-state index in [2.05, 4.69) is 24.9 Å². The second-order valence-corrected chi connectivity index (χ2v) is 11.7. The van der Waals surface area contributed by atoms with Crippen molar-refractivity contribution in [2.24, 2.45) is 0 Å². The first-order valence-corrected chi connectivity index (χ1v) is 15.1. The first-order valence-electron chi connectivity index (χ1n) is 13.9. The van der Waals surface area contributed by atoms with E-state index in [-0.39, 0.29) is 30.1 Å². The molecule has 10 nitrogen and oxygen atoms in total. The highest BCUT2D eigenvalue weighted by Crippen LogP contribution is 2.41. The molecule has 48 heavy (non-hydrogen) atoms. The number of thiophene rings is 1. The number of aryl methyl sites for hydroxylation is 2. The number of carboxylic acids is 1. The standard InChI is InChI=1S/C31H20ClF5N6O4S/c1-13-7-17(27-24(40-13)18(12-48-27)30(45)46)16-8-15(32)3-4-23(16)47-6-5-43-14(2)41-20-9-19(31(35,36)37)25(42-26(20)29(43)44)21-10-39-22(11-38-21)28(33)34/h3-4,7-12,28H,5-6H2,1-2H3,(H,45,46). The van der Waals surface area contributed by atoms with Crippen molar-refractivity contribution < 1.29 is 36.6 Å². The Morgan fingerprint density at radius 3 is 2.48 bits per heavy atom. The SMILES string of the molecule is Cc1cc(-c2cc(Cl)ccc2OCCn2c(C)nc3cc(C(F)(F)F)c(-c4cnc(C(F)F)cn4)nc3c2=O)c2scc(C(=O)O)c2n1. The van der Waals surface area contributed by atoms with Gasteiger partial charge in [0.15, 0.2) is 5.52 Å². The predicted octanol–water partition coefficient (Wildman–Crippen LogP) is 7.53. The molecule has 17 heteroatoms. The Bertz CT molecular complexity index is 2290. The van der Waals surface area contributed by atoms with E-state index in [0.717, 1.165) is 6.20 Å². The average Bonchev–Trinajstić information content (AvgIpc) is 3.46. The van der Waals surface area contributed by atoms with Crippen LogP contribution in [0.3, 0.4) is 0 Å². The van der Waals surface area contributed by atoms with Crippen molar-refractivity contribution >= 4 is 50.2 Å². The molecule has 0 amide bonds. The van der Waals surface area contributed by atoms with Gasteiger partial charge in [-0.2, -0.15) is 13.2 Å². The predicted molar refractivity (Wildman–Crippen MR) is 167 cm³/mol. The van der Waals surface area contributed by atoms with Gasteiger partial charge in [0.05, 0.1) is 45.8 Å². The zero-order valence-electron chi connectivity index (χ0n) is 24.6. The van der Waals surface area contributed by atoms with Crippen LogP contribution >= 0.6 is 22.9 Å². The fraction of sp³-hybridized carbons (Fsp3) is 0.194. The quantitative estimate of drug-likeness (QED) is 0.160. The molecule has 0 unspecified atom stereocenters. The van der Waals surface area contributed by atoms with Crippen LogP contribution in [0.25, 0.3) is 43.8 Å². The van der Waals surface area contributed by atoms with Gasteiger partial charge in [-0.15, -0.1) is 11.3 Å². The fourth-order valence-corrected chi connectivity index (χ4v) is 6.26. The van der Waals surface area contributed by atoms with E-state index in [9.17, 15) is 36.6 Å². The average molecular weight is 703 g/mol. The van der Waals surface area contributed by atoms with Crippen LogP contribution in [0.4, 0.5) is 22.0 Å². The molecule has 0 bridgehead atoms. The van der Waals surface area contributed by atoms with Crippen LogP contribution in [-0.2, 0) is 12.7 Å². The molecule has 0 aliphatic heterocycles. The van der Waals surface area contributed by atoms with E-state index in [1.54, 1.807) is 31.2 Å². The number of aromatic carboxylic acids is 1. The topological polar surface area (TPSA) is 133 Å². The largest absolute Gasteiger partial charge is 0.491 e. The molecule has 0 spiro atoms. The number of hydrogen-bond donors (Lipinski definition) is 1. The normalized spacial score (nSPS) is 11.9. The van der Waals surface area contributed by atoms with Gasteiger partial charge >= 0.3 is 12.1 Å². The van der Waals surface area contributed by atoms with Gasteiger partial charge in [-0.3, -0.25) is 24.3 Å². The number of ether oxygens (including phenoxy) is 1. The number of alkyl halides is 5. The smallest absolute Gasteiger partial charge is 0.418 e. The first kappa shape index (κ1) is 32.8. The Balaban J connectivity index is 1.36. The van der Waals surface area contributed by atoms with Gasteiger partial charge < -0.3 is 9.84 Å². The van der Waals surface area contributed by atoms with Gasteiger partial charge in [0, 0.05) is 27.2 Å². The minimum atomic E-state index is -4.94. The Kier molecular flexibility index (Phi) is 8.55. The van der Waals surface area contributed by atoms with Crippen LogP contribution in [0.5, 0.6) is 5.75 Å². The van der Waals surface area contributed by atoms with E-state index < -0.39 is 52.3 Å². The van der Waals surface area contributed by atoms with Gasteiger partial charge in [0.2, 0.25) is 0 Å². The summed E-state index contributed by atoms with van der Waals surface area (Å²) in [5.41, 5.74) is -2.61. The number of hydrogen-bond acceptors (Lipinski definition) is 9. The Morgan fingerprint density at radius 2 is 1.81 bits per heavy atom. The van der Waals surface area contributed by atoms with Crippen molar-refractivity contribution in [1.82, 2.24) is 29.5 Å². The molecule has 5 aromatic heterocycles. The summed E-state index contributed by atoms with van der Waals surface area (Å²) in [5.74, 6) is -0.675. The van der Waals surface area contributed by atoms with Gasteiger partial charge in [-0.25, -0.2) is 23.5 Å². The summed E-state index contributed by atoms with van der Waals surface area (Å²) in [5, 5.41) is 11.5. The van der Waals surface area contributed by atoms with Crippen molar-refractivity contribution in [3.63, 3.8) is 0 Å². The summed E-state index contributed by atoms with van der Waals surface area (Å²) in [4.78, 5) is 45.0. The molecule has 0 atom stereocenters. The maximum Gasteiger partial charge on any atom is 0.418 e. The molecule has 1 N–H and O–H groups in total. The molecule has 1 aromatic carbocycles. The lowest BCUT2D eigenvalue weighted by atomic mass is 10.0. The van der Waals surface area contributed by atoms with E-state index in [1.165, 1.54) is 28.2 Å². The van der Waals surface area contributed by atoms with E-state index in [1.807, 2.05) is 0 Å². The minimum absolute atomic E-state index is 0.0550. The van der Waals surface area contributed by atoms with Crippen LogP contribution in [0, 0.1) is 13.8 Å². The van der Waals surface area contributed by atoms with Crippen molar-refractivity contribution in [3.8, 4) is 28.3 Å². The molecule has 5 heterocycles. The monoisotopic (exact) mass is 702 g/mol. The molecule has 0 aliphatic carbocycles. The van der Waals surface area contributed by atoms with E-state index in [0.29, 0.717) is 50.1 Å². The second-order valence-electron chi connectivity index (χ2n) is 10.4. The third-order valence-corrected chi connectivity index (χ3v) is 8.49. The number of halogens is 6. The Labute approximate surface area is 275 Å². The molecule has 0 saturated carbocycles. The maximum atomic E-state index is 14.0. The Hall–Kier alpha value is -5.09. The molecular weight excluding hydrogens is 683 g/mol. The van der Waals surface area contributed by atoms with Crippen LogP contribution in [-0.4, -0.2) is 47.2 Å². The number of fused-ring (bicyclic) bond motifs is 2. The zero-order chi connectivity index (χ0) is 34.5. The van der Waals surface area contributed by atoms with Crippen molar-refractivity contribution in [2.45, 2.75) is 33.0 Å². The summed E-state index contributed by atoms with van der Waals surface area (Å²) in [6, 6.07) is 7.30. The van der Waals surface area contributed by atoms with Crippen molar-refractivity contribution in [1.29, 1.82) is 0 Å². The maximum absolute atomic E-state index is 14.0. The molecule has 6 rings (SSSR count).